The fraction of sp³-hybridized carbons (Fsp3) is 0.280. The van der Waals surface area contributed by atoms with Gasteiger partial charge in [-0.25, -0.2) is 4.39 Å². The highest BCUT2D eigenvalue weighted by Gasteiger charge is 2.23. The summed E-state index contributed by atoms with van der Waals surface area (Å²) in [5.74, 6) is 0.0204. The van der Waals surface area contributed by atoms with Gasteiger partial charge in [-0.3, -0.25) is 4.79 Å². The lowest BCUT2D eigenvalue weighted by molar-refractivity contribution is -0.118. The van der Waals surface area contributed by atoms with Crippen LogP contribution in [0.2, 0.25) is 0 Å². The number of nitrogens with zero attached hydrogens (tertiary/aromatic N) is 2. The molecule has 0 aromatic heterocycles. The van der Waals surface area contributed by atoms with Crippen LogP contribution in [-0.2, 0) is 4.79 Å². The van der Waals surface area contributed by atoms with Gasteiger partial charge in [-0.15, -0.1) is 0 Å². The van der Waals surface area contributed by atoms with Crippen molar-refractivity contribution < 1.29 is 13.9 Å². The predicted octanol–water partition coefficient (Wildman–Crippen LogP) is 3.36. The minimum absolute atomic E-state index is 0.0134. The van der Waals surface area contributed by atoms with Crippen molar-refractivity contribution in [1.29, 1.82) is 5.26 Å². The first-order valence-electron chi connectivity index (χ1n) is 10.6. The molecule has 0 radical (unpaired) electrons. The number of methoxy groups -OCH3 is 1. The Morgan fingerprint density at radius 3 is 2.62 bits per heavy atom. The summed E-state index contributed by atoms with van der Waals surface area (Å²) >= 11 is 0. The average molecular weight is 432 g/mol. The molecule has 1 saturated heterocycles. The molecule has 0 bridgehead atoms. The van der Waals surface area contributed by atoms with Crippen molar-refractivity contribution in [3.63, 3.8) is 0 Å². The Balaban J connectivity index is 1.66. The predicted molar refractivity (Wildman–Crippen MR) is 122 cm³/mol. The van der Waals surface area contributed by atoms with E-state index in [9.17, 15) is 9.18 Å². The second-order valence-electron chi connectivity index (χ2n) is 7.80. The Labute approximate surface area is 187 Å². The van der Waals surface area contributed by atoms with Crippen LogP contribution in [0.3, 0.4) is 0 Å². The fourth-order valence-electron chi connectivity index (χ4n) is 3.98. The summed E-state index contributed by atoms with van der Waals surface area (Å²) in [6, 6.07) is 14.1. The van der Waals surface area contributed by atoms with Gasteiger partial charge in [0.25, 0.3) is 5.91 Å². The number of nitrogens with one attached hydrogen (secondary N) is 2. The summed E-state index contributed by atoms with van der Waals surface area (Å²) in [6.45, 7) is 2.23. The normalized spacial score (nSPS) is 16.6. The summed E-state index contributed by atoms with van der Waals surface area (Å²) in [5, 5.41) is 15.5. The van der Waals surface area contributed by atoms with Gasteiger partial charge in [0.05, 0.1) is 12.7 Å². The van der Waals surface area contributed by atoms with Crippen molar-refractivity contribution in [3.05, 3.63) is 77.1 Å². The lowest BCUT2D eigenvalue weighted by Gasteiger charge is -2.31. The largest absolute Gasteiger partial charge is 0.497 e. The van der Waals surface area contributed by atoms with Crippen molar-refractivity contribution >= 4 is 17.3 Å². The molecule has 32 heavy (non-hydrogen) atoms. The van der Waals surface area contributed by atoms with E-state index in [2.05, 4.69) is 10.6 Å². The molecule has 2 heterocycles. The molecule has 0 saturated carbocycles. The van der Waals surface area contributed by atoms with E-state index in [-0.39, 0.29) is 17.5 Å². The summed E-state index contributed by atoms with van der Waals surface area (Å²) in [4.78, 5) is 14.9. The summed E-state index contributed by atoms with van der Waals surface area (Å²) in [6.07, 6.45) is 5.46. The van der Waals surface area contributed by atoms with E-state index in [1.165, 1.54) is 12.1 Å². The number of hydrogen-bond acceptors (Lipinski definition) is 5. The molecule has 2 aliphatic heterocycles. The molecule has 2 N–H and O–H groups in total. The second kappa shape index (κ2) is 9.67. The third-order valence-electron chi connectivity index (χ3n) is 5.78. The topological polar surface area (TPSA) is 77.4 Å². The van der Waals surface area contributed by atoms with Gasteiger partial charge in [0.1, 0.15) is 17.6 Å². The number of piperidine rings is 1. The van der Waals surface area contributed by atoms with Crippen LogP contribution in [0, 0.1) is 17.1 Å². The maximum Gasteiger partial charge on any atom is 0.251 e. The fourth-order valence-corrected chi connectivity index (χ4v) is 3.98. The first-order valence-corrected chi connectivity index (χ1v) is 10.6. The lowest BCUT2D eigenvalue weighted by Crippen LogP contribution is -2.43. The SMILES string of the molecule is COc1ccc(N2CC=C(C(=O)NC3CCNCC3)C=C2c2ccc(C#N)c(F)c2)cc1. The van der Waals surface area contributed by atoms with Crippen LogP contribution in [0.1, 0.15) is 24.0 Å². The third-order valence-corrected chi connectivity index (χ3v) is 5.78. The molecule has 2 aliphatic rings. The summed E-state index contributed by atoms with van der Waals surface area (Å²) in [5.41, 5.74) is 2.71. The van der Waals surface area contributed by atoms with Gasteiger partial charge < -0.3 is 20.3 Å². The first kappa shape index (κ1) is 21.6. The number of nitriles is 1. The second-order valence-corrected chi connectivity index (χ2v) is 7.80. The lowest BCUT2D eigenvalue weighted by atomic mass is 10.00. The molecule has 1 amide bonds. The van der Waals surface area contributed by atoms with Gasteiger partial charge in [-0.05, 0) is 68.4 Å². The number of anilines is 1. The van der Waals surface area contributed by atoms with E-state index >= 15 is 0 Å². The van der Waals surface area contributed by atoms with Gasteiger partial charge in [-0.2, -0.15) is 5.26 Å². The molecule has 0 atom stereocenters. The summed E-state index contributed by atoms with van der Waals surface area (Å²) < 4.78 is 19.7. The zero-order valence-electron chi connectivity index (χ0n) is 17.9. The molecular formula is C25H25FN4O2. The smallest absolute Gasteiger partial charge is 0.251 e. The molecular weight excluding hydrogens is 407 g/mol. The highest BCUT2D eigenvalue weighted by Crippen LogP contribution is 2.32. The standard InChI is InChI=1S/C25H25FN4O2/c1-32-22-6-4-21(5-7-22)30-13-10-18(25(31)29-20-8-11-28-12-9-20)15-24(30)17-2-3-19(16-27)23(26)14-17/h2-7,10,14-15,20,28H,8-9,11-13H2,1H3,(H,29,31). The van der Waals surface area contributed by atoms with Crippen LogP contribution in [0.15, 0.2) is 60.2 Å². The molecule has 0 aliphatic carbocycles. The molecule has 2 aromatic rings. The molecule has 1 fully saturated rings. The zero-order chi connectivity index (χ0) is 22.5. The van der Waals surface area contributed by atoms with Gasteiger partial charge in [0.15, 0.2) is 0 Å². The van der Waals surface area contributed by atoms with Crippen molar-refractivity contribution in [3.8, 4) is 11.8 Å². The van der Waals surface area contributed by atoms with E-state index in [1.54, 1.807) is 19.3 Å². The van der Waals surface area contributed by atoms with Crippen LogP contribution in [-0.4, -0.2) is 38.7 Å². The number of ether oxygens (including phenoxy) is 1. The van der Waals surface area contributed by atoms with Crippen molar-refractivity contribution in [2.75, 3.05) is 31.6 Å². The van der Waals surface area contributed by atoms with Crippen LogP contribution < -0.4 is 20.3 Å². The van der Waals surface area contributed by atoms with Crippen molar-refractivity contribution in [2.24, 2.45) is 0 Å². The van der Waals surface area contributed by atoms with E-state index in [0.717, 1.165) is 37.4 Å². The molecule has 0 unspecified atom stereocenters. The molecule has 2 aromatic carbocycles. The number of amides is 1. The third kappa shape index (κ3) is 4.66. The maximum atomic E-state index is 14.4. The van der Waals surface area contributed by atoms with Crippen LogP contribution in [0.4, 0.5) is 10.1 Å². The van der Waals surface area contributed by atoms with E-state index in [0.29, 0.717) is 23.4 Å². The maximum absolute atomic E-state index is 14.4. The molecule has 4 rings (SSSR count). The minimum Gasteiger partial charge on any atom is -0.497 e. The summed E-state index contributed by atoms with van der Waals surface area (Å²) in [7, 11) is 1.61. The quantitative estimate of drug-likeness (QED) is 0.758. The number of halogens is 1. The van der Waals surface area contributed by atoms with Crippen molar-refractivity contribution in [2.45, 2.75) is 18.9 Å². The van der Waals surface area contributed by atoms with Gasteiger partial charge >= 0.3 is 0 Å². The Hall–Kier alpha value is -3.63. The Bertz CT molecular complexity index is 1100. The number of carbonyl (C=O) groups excluding carboxylic acids is 1. The van der Waals surface area contributed by atoms with Crippen LogP contribution in [0.5, 0.6) is 5.75 Å². The molecule has 0 spiro atoms. The highest BCUT2D eigenvalue weighted by atomic mass is 19.1. The number of hydrogen-bond donors (Lipinski definition) is 2. The molecule has 7 heteroatoms. The number of carbonyl (C=O) groups is 1. The Morgan fingerprint density at radius 2 is 1.97 bits per heavy atom. The van der Waals surface area contributed by atoms with Crippen LogP contribution >= 0.6 is 0 Å². The van der Waals surface area contributed by atoms with Gasteiger partial charge in [-0.1, -0.05) is 12.1 Å². The Morgan fingerprint density at radius 1 is 1.22 bits per heavy atom. The van der Waals surface area contributed by atoms with E-state index < -0.39 is 5.82 Å². The number of rotatable bonds is 5. The number of benzene rings is 2. The monoisotopic (exact) mass is 432 g/mol. The minimum atomic E-state index is -0.587. The average Bonchev–Trinajstić information content (AvgIpc) is 2.84. The van der Waals surface area contributed by atoms with Crippen LogP contribution in [0.25, 0.3) is 5.70 Å². The molecule has 164 valence electrons. The highest BCUT2D eigenvalue weighted by molar-refractivity contribution is 6.00. The van der Waals surface area contributed by atoms with Crippen molar-refractivity contribution in [1.82, 2.24) is 10.6 Å². The first-order chi connectivity index (χ1) is 15.6. The molecule has 6 nitrogen and oxygen atoms in total. The van der Waals surface area contributed by atoms with Gasteiger partial charge in [0.2, 0.25) is 0 Å². The van der Waals surface area contributed by atoms with E-state index in [1.807, 2.05) is 41.3 Å². The Kier molecular flexibility index (Phi) is 6.52. The van der Waals surface area contributed by atoms with E-state index in [4.69, 9.17) is 10.00 Å². The zero-order valence-corrected chi connectivity index (χ0v) is 17.9. The van der Waals surface area contributed by atoms with Gasteiger partial charge in [0, 0.05) is 35.1 Å².